The lowest BCUT2D eigenvalue weighted by Crippen LogP contribution is -2.75. The Morgan fingerprint density at radius 1 is 1.48 bits per heavy atom. The van der Waals surface area contributed by atoms with Crippen LogP contribution < -0.4 is 15.8 Å². The summed E-state index contributed by atoms with van der Waals surface area (Å²) in [6.45, 7) is 8.16. The summed E-state index contributed by atoms with van der Waals surface area (Å²) in [6.07, 6.45) is 0.421. The van der Waals surface area contributed by atoms with Crippen LogP contribution in [0.15, 0.2) is 18.2 Å². The van der Waals surface area contributed by atoms with Gasteiger partial charge in [-0.1, -0.05) is 13.8 Å². The van der Waals surface area contributed by atoms with Crippen molar-refractivity contribution in [3.05, 3.63) is 29.6 Å². The van der Waals surface area contributed by atoms with Crippen LogP contribution in [0.3, 0.4) is 0 Å². The fourth-order valence-corrected chi connectivity index (χ4v) is 3.27. The van der Waals surface area contributed by atoms with E-state index in [1.807, 2.05) is 20.8 Å². The average molecular weight is 375 g/mol. The Morgan fingerprint density at radius 3 is 2.64 bits per heavy atom. The van der Waals surface area contributed by atoms with Gasteiger partial charge in [0, 0.05) is 24.0 Å². The maximum absolute atomic E-state index is 13.5. The molecule has 0 aromatic heterocycles. The van der Waals surface area contributed by atoms with Crippen molar-refractivity contribution in [3.63, 3.8) is 0 Å². The number of halogens is 2. The van der Waals surface area contributed by atoms with E-state index >= 15 is 0 Å². The number of hydrogen-bond donors (Lipinski definition) is 2. The standard InChI is InChI=1S/C18H27FN2O3.ClH/c1-6-24-15-10-18(20,17(15,3)4)16(22)21-11(2)13-9-12(19)7-8-14(13)23-5;/h7-9,11,15H,6,10,20H2,1-5H3,(H,21,22);1H. The predicted octanol–water partition coefficient (Wildman–Crippen LogP) is 2.97. The van der Waals surface area contributed by atoms with Gasteiger partial charge in [-0.25, -0.2) is 4.39 Å². The molecule has 3 atom stereocenters. The zero-order valence-corrected chi connectivity index (χ0v) is 16.2. The molecule has 1 aliphatic rings. The number of ether oxygens (including phenoxy) is 2. The number of rotatable bonds is 6. The minimum Gasteiger partial charge on any atom is -0.496 e. The van der Waals surface area contributed by atoms with E-state index in [1.165, 1.54) is 19.2 Å². The van der Waals surface area contributed by atoms with Gasteiger partial charge in [0.1, 0.15) is 17.1 Å². The monoisotopic (exact) mass is 374 g/mol. The van der Waals surface area contributed by atoms with Crippen molar-refractivity contribution in [1.29, 1.82) is 0 Å². The first kappa shape index (κ1) is 21.7. The van der Waals surface area contributed by atoms with Crippen LogP contribution in [0.1, 0.15) is 45.7 Å². The molecule has 3 N–H and O–H groups in total. The van der Waals surface area contributed by atoms with Crippen LogP contribution in [0.25, 0.3) is 0 Å². The molecule has 142 valence electrons. The van der Waals surface area contributed by atoms with Crippen molar-refractivity contribution in [3.8, 4) is 5.75 Å². The number of methoxy groups -OCH3 is 1. The number of benzene rings is 1. The molecule has 1 fully saturated rings. The summed E-state index contributed by atoms with van der Waals surface area (Å²) in [5.41, 5.74) is 5.47. The van der Waals surface area contributed by atoms with Gasteiger partial charge in [-0.05, 0) is 32.0 Å². The number of carbonyl (C=O) groups excluding carboxylic acids is 1. The highest BCUT2D eigenvalue weighted by atomic mass is 35.5. The molecule has 0 aliphatic heterocycles. The topological polar surface area (TPSA) is 73.6 Å². The summed E-state index contributed by atoms with van der Waals surface area (Å²) in [5, 5.41) is 2.89. The lowest BCUT2D eigenvalue weighted by Gasteiger charge is -2.57. The van der Waals surface area contributed by atoms with E-state index in [1.54, 1.807) is 13.0 Å². The first-order valence-corrected chi connectivity index (χ1v) is 8.22. The smallest absolute Gasteiger partial charge is 0.241 e. The third-order valence-corrected chi connectivity index (χ3v) is 5.24. The molecular weight excluding hydrogens is 347 g/mol. The Bertz CT molecular complexity index is 626. The molecule has 1 amide bonds. The summed E-state index contributed by atoms with van der Waals surface area (Å²) in [6, 6.07) is 3.81. The molecule has 0 bridgehead atoms. The van der Waals surface area contributed by atoms with Crippen LogP contribution >= 0.6 is 12.4 Å². The van der Waals surface area contributed by atoms with E-state index in [9.17, 15) is 9.18 Å². The first-order chi connectivity index (χ1) is 11.2. The molecule has 0 spiro atoms. The highest BCUT2D eigenvalue weighted by Gasteiger charge is 2.62. The number of hydrogen-bond acceptors (Lipinski definition) is 4. The quantitative estimate of drug-likeness (QED) is 0.802. The van der Waals surface area contributed by atoms with E-state index < -0.39 is 17.0 Å². The molecule has 1 aromatic carbocycles. The summed E-state index contributed by atoms with van der Waals surface area (Å²) >= 11 is 0. The molecule has 7 heteroatoms. The van der Waals surface area contributed by atoms with Crippen LogP contribution in [-0.4, -0.2) is 31.3 Å². The second-order valence-electron chi connectivity index (χ2n) is 6.92. The van der Waals surface area contributed by atoms with E-state index in [0.717, 1.165) is 0 Å². The van der Waals surface area contributed by atoms with Gasteiger partial charge in [-0.2, -0.15) is 0 Å². The second-order valence-corrected chi connectivity index (χ2v) is 6.92. The molecule has 2 rings (SSSR count). The van der Waals surface area contributed by atoms with Crippen molar-refractivity contribution in [2.24, 2.45) is 11.1 Å². The van der Waals surface area contributed by atoms with Gasteiger partial charge in [-0.3, -0.25) is 4.79 Å². The lowest BCUT2D eigenvalue weighted by molar-refractivity contribution is -0.171. The fourth-order valence-electron chi connectivity index (χ4n) is 3.27. The lowest BCUT2D eigenvalue weighted by atomic mass is 9.54. The van der Waals surface area contributed by atoms with Crippen LogP contribution in [0.5, 0.6) is 5.75 Å². The minimum absolute atomic E-state index is 0. The van der Waals surface area contributed by atoms with E-state index in [2.05, 4.69) is 5.32 Å². The number of nitrogens with one attached hydrogen (secondary N) is 1. The second kappa shape index (κ2) is 7.89. The van der Waals surface area contributed by atoms with Crippen LogP contribution in [-0.2, 0) is 9.53 Å². The largest absolute Gasteiger partial charge is 0.496 e. The normalized spacial score (nSPS) is 25.3. The molecule has 0 heterocycles. The average Bonchev–Trinajstić information content (AvgIpc) is 2.54. The maximum atomic E-state index is 13.5. The van der Waals surface area contributed by atoms with Gasteiger partial charge in [0.25, 0.3) is 0 Å². The van der Waals surface area contributed by atoms with Gasteiger partial charge in [0.15, 0.2) is 0 Å². The Hall–Kier alpha value is -1.37. The molecule has 1 saturated carbocycles. The Kier molecular flexibility index (Phi) is 6.84. The SMILES string of the molecule is CCOC1CC(N)(C(=O)NC(C)c2cc(F)ccc2OC)C1(C)C.Cl. The van der Waals surface area contributed by atoms with Crippen LogP contribution in [0.4, 0.5) is 4.39 Å². The third-order valence-electron chi connectivity index (χ3n) is 5.24. The molecule has 5 nitrogen and oxygen atoms in total. The van der Waals surface area contributed by atoms with Crippen LogP contribution in [0, 0.1) is 11.2 Å². The fraction of sp³-hybridized carbons (Fsp3) is 0.611. The Morgan fingerprint density at radius 2 is 2.12 bits per heavy atom. The molecule has 1 aromatic rings. The number of nitrogens with two attached hydrogens (primary N) is 1. The summed E-state index contributed by atoms with van der Waals surface area (Å²) in [7, 11) is 1.51. The molecule has 0 saturated heterocycles. The van der Waals surface area contributed by atoms with Gasteiger partial charge >= 0.3 is 0 Å². The third kappa shape index (κ3) is 3.76. The summed E-state index contributed by atoms with van der Waals surface area (Å²) in [4.78, 5) is 12.8. The summed E-state index contributed by atoms with van der Waals surface area (Å²) < 4.78 is 24.4. The summed E-state index contributed by atoms with van der Waals surface area (Å²) in [5.74, 6) is -0.118. The van der Waals surface area contributed by atoms with Gasteiger partial charge < -0.3 is 20.5 Å². The number of carbonyl (C=O) groups is 1. The van der Waals surface area contributed by atoms with Gasteiger partial charge in [-0.15, -0.1) is 12.4 Å². The highest BCUT2D eigenvalue weighted by Crippen LogP contribution is 2.50. The van der Waals surface area contributed by atoms with Gasteiger partial charge in [0.2, 0.25) is 5.91 Å². The zero-order chi connectivity index (χ0) is 18.1. The van der Waals surface area contributed by atoms with Crippen LogP contribution in [0.2, 0.25) is 0 Å². The molecule has 0 radical (unpaired) electrons. The van der Waals surface area contributed by atoms with Crippen molar-refractivity contribution >= 4 is 18.3 Å². The van der Waals surface area contributed by atoms with E-state index in [-0.39, 0.29) is 30.2 Å². The maximum Gasteiger partial charge on any atom is 0.241 e. The number of amides is 1. The van der Waals surface area contributed by atoms with Crippen molar-refractivity contribution < 1.29 is 18.7 Å². The highest BCUT2D eigenvalue weighted by molar-refractivity contribution is 5.89. The molecule has 25 heavy (non-hydrogen) atoms. The Labute approximate surface area is 154 Å². The van der Waals surface area contributed by atoms with E-state index in [0.29, 0.717) is 24.3 Å². The van der Waals surface area contributed by atoms with Crippen molar-refractivity contribution in [2.45, 2.75) is 51.8 Å². The molecule has 1 aliphatic carbocycles. The van der Waals surface area contributed by atoms with Crippen molar-refractivity contribution in [2.75, 3.05) is 13.7 Å². The van der Waals surface area contributed by atoms with Gasteiger partial charge in [0.05, 0.1) is 19.3 Å². The molecule has 3 unspecified atom stereocenters. The molecular formula is C18H28ClFN2O3. The predicted molar refractivity (Wildman–Crippen MR) is 97.5 cm³/mol. The zero-order valence-electron chi connectivity index (χ0n) is 15.4. The first-order valence-electron chi connectivity index (χ1n) is 8.22. The van der Waals surface area contributed by atoms with Crippen molar-refractivity contribution in [1.82, 2.24) is 5.32 Å². The van der Waals surface area contributed by atoms with E-state index in [4.69, 9.17) is 15.2 Å². The Balaban J connectivity index is 0.00000312. The minimum atomic E-state index is -1.01.